The minimum Gasteiger partial charge on any atom is -0.478 e. The summed E-state index contributed by atoms with van der Waals surface area (Å²) in [6.45, 7) is 1.29. The number of fused-ring (bicyclic) bond motifs is 1. The third-order valence-electron chi connectivity index (χ3n) is 2.88. The molecule has 0 aliphatic rings. The zero-order valence-electron chi connectivity index (χ0n) is 11.2. The van der Waals surface area contributed by atoms with Crippen molar-refractivity contribution in [3.63, 3.8) is 0 Å². The first-order chi connectivity index (χ1) is 9.68. The third kappa shape index (κ3) is 3.37. The van der Waals surface area contributed by atoms with E-state index in [1.165, 1.54) is 25.1 Å². The lowest BCUT2D eigenvalue weighted by atomic mass is 10.2. The Morgan fingerprint density at radius 3 is 2.62 bits per heavy atom. The molecular weight excluding hydrogens is 316 g/mol. The number of nitrogens with one attached hydrogen (secondary N) is 1. The van der Waals surface area contributed by atoms with Gasteiger partial charge in [-0.3, -0.25) is 4.79 Å². The Hall–Kier alpha value is -2.00. The number of benzene rings is 1. The number of aromatic nitrogens is 1. The monoisotopic (exact) mass is 328 g/mol. The van der Waals surface area contributed by atoms with E-state index in [1.54, 1.807) is 0 Å². The highest BCUT2D eigenvalue weighted by Crippen LogP contribution is 2.27. The van der Waals surface area contributed by atoms with Crippen molar-refractivity contribution in [2.75, 3.05) is 11.6 Å². The van der Waals surface area contributed by atoms with Crippen molar-refractivity contribution >= 4 is 48.4 Å². The first-order valence-corrected chi connectivity index (χ1v) is 8.59. The minimum atomic E-state index is -3.48. The molecule has 0 aliphatic carbocycles. The van der Waals surface area contributed by atoms with Crippen molar-refractivity contribution in [1.29, 1.82) is 0 Å². The van der Waals surface area contributed by atoms with Crippen LogP contribution in [0, 0.1) is 0 Å². The molecule has 1 atom stereocenters. The molecule has 0 bridgehead atoms. The molecule has 1 aromatic heterocycles. The lowest BCUT2D eigenvalue weighted by Crippen LogP contribution is -2.31. The van der Waals surface area contributed by atoms with Gasteiger partial charge in [0, 0.05) is 6.26 Å². The topological polar surface area (TPSA) is 113 Å². The van der Waals surface area contributed by atoms with Gasteiger partial charge in [0.25, 0.3) is 0 Å². The first-order valence-electron chi connectivity index (χ1n) is 5.82. The highest BCUT2D eigenvalue weighted by atomic mass is 32.2. The lowest BCUT2D eigenvalue weighted by Gasteiger charge is -2.07. The molecule has 0 aliphatic heterocycles. The van der Waals surface area contributed by atoms with E-state index >= 15 is 0 Å². The number of amides is 1. The van der Waals surface area contributed by atoms with Crippen LogP contribution in [-0.2, 0) is 14.6 Å². The Morgan fingerprint density at radius 1 is 1.38 bits per heavy atom. The summed E-state index contributed by atoms with van der Waals surface area (Å²) in [5.41, 5.74) is 0.654. The number of carbonyl (C=O) groups is 2. The number of thiazole rings is 1. The van der Waals surface area contributed by atoms with Crippen molar-refractivity contribution in [2.24, 2.45) is 0 Å². The third-order valence-corrected chi connectivity index (χ3v) is 5.31. The van der Waals surface area contributed by atoms with Gasteiger partial charge in [-0.1, -0.05) is 11.3 Å². The fourth-order valence-electron chi connectivity index (χ4n) is 1.51. The first kappa shape index (κ1) is 15.4. The quantitative estimate of drug-likeness (QED) is 0.876. The van der Waals surface area contributed by atoms with E-state index in [9.17, 15) is 18.0 Å². The number of carboxylic acid groups (broad SMARTS) is 1. The van der Waals surface area contributed by atoms with Gasteiger partial charge in [0.1, 0.15) is 5.25 Å². The molecular formula is C12H12N2O5S2. The van der Waals surface area contributed by atoms with Gasteiger partial charge in [-0.25, -0.2) is 18.2 Å². The van der Waals surface area contributed by atoms with Crippen molar-refractivity contribution < 1.29 is 23.1 Å². The molecule has 1 unspecified atom stereocenters. The molecule has 1 amide bonds. The summed E-state index contributed by atoms with van der Waals surface area (Å²) in [6, 6.07) is 4.39. The number of aromatic carboxylic acids is 1. The fraction of sp³-hybridized carbons (Fsp3) is 0.250. The van der Waals surface area contributed by atoms with Crippen LogP contribution in [0.5, 0.6) is 0 Å². The number of sulfone groups is 1. The van der Waals surface area contributed by atoms with E-state index in [1.807, 2.05) is 0 Å². The predicted octanol–water partition coefficient (Wildman–Crippen LogP) is 1.37. The lowest BCUT2D eigenvalue weighted by molar-refractivity contribution is -0.115. The van der Waals surface area contributed by atoms with Gasteiger partial charge < -0.3 is 10.4 Å². The molecule has 0 radical (unpaired) electrons. The van der Waals surface area contributed by atoms with Gasteiger partial charge in [-0.2, -0.15) is 0 Å². The largest absolute Gasteiger partial charge is 0.478 e. The van der Waals surface area contributed by atoms with Gasteiger partial charge in [0.2, 0.25) is 5.91 Å². The summed E-state index contributed by atoms with van der Waals surface area (Å²) in [5.74, 6) is -1.73. The molecule has 0 fully saturated rings. The maximum absolute atomic E-state index is 11.8. The van der Waals surface area contributed by atoms with E-state index in [0.29, 0.717) is 10.2 Å². The van der Waals surface area contributed by atoms with Crippen molar-refractivity contribution in [3.05, 3.63) is 23.8 Å². The Kier molecular flexibility index (Phi) is 3.97. The number of hydrogen-bond donors (Lipinski definition) is 2. The van der Waals surface area contributed by atoms with E-state index in [0.717, 1.165) is 17.6 Å². The molecule has 2 N–H and O–H groups in total. The van der Waals surface area contributed by atoms with Gasteiger partial charge in [0.15, 0.2) is 15.0 Å². The predicted molar refractivity (Wildman–Crippen MR) is 79.5 cm³/mol. The normalized spacial score (nSPS) is 13.0. The van der Waals surface area contributed by atoms with Crippen LogP contribution < -0.4 is 5.32 Å². The Bertz CT molecular complexity index is 825. The second-order valence-electron chi connectivity index (χ2n) is 4.47. The van der Waals surface area contributed by atoms with Crippen LogP contribution in [-0.4, -0.2) is 41.9 Å². The number of hydrogen-bond acceptors (Lipinski definition) is 6. The van der Waals surface area contributed by atoms with E-state index < -0.39 is 27.0 Å². The maximum Gasteiger partial charge on any atom is 0.335 e. The van der Waals surface area contributed by atoms with Crippen LogP contribution in [0.3, 0.4) is 0 Å². The SMILES string of the molecule is CC(C(=O)Nc1nc2ccc(C(=O)O)cc2s1)S(C)(=O)=O. The smallest absolute Gasteiger partial charge is 0.335 e. The second kappa shape index (κ2) is 5.41. The summed E-state index contributed by atoms with van der Waals surface area (Å²) in [5, 5.41) is 10.4. The minimum absolute atomic E-state index is 0.119. The van der Waals surface area contributed by atoms with Crippen molar-refractivity contribution in [3.8, 4) is 0 Å². The summed E-state index contributed by atoms with van der Waals surface area (Å²) >= 11 is 1.08. The summed E-state index contributed by atoms with van der Waals surface area (Å²) < 4.78 is 23.2. The van der Waals surface area contributed by atoms with Crippen molar-refractivity contribution in [1.82, 2.24) is 4.98 Å². The van der Waals surface area contributed by atoms with Gasteiger partial charge in [-0.05, 0) is 25.1 Å². The molecule has 0 saturated carbocycles. The zero-order valence-corrected chi connectivity index (χ0v) is 12.8. The van der Waals surface area contributed by atoms with Crippen LogP contribution >= 0.6 is 11.3 Å². The Morgan fingerprint density at radius 2 is 2.05 bits per heavy atom. The van der Waals surface area contributed by atoms with Crippen LogP contribution in [0.2, 0.25) is 0 Å². The summed E-state index contributed by atoms with van der Waals surface area (Å²) in [6.07, 6.45) is 0.981. The van der Waals surface area contributed by atoms with Gasteiger partial charge in [-0.15, -0.1) is 0 Å². The van der Waals surface area contributed by atoms with Crippen molar-refractivity contribution in [2.45, 2.75) is 12.2 Å². The number of carbonyl (C=O) groups excluding carboxylic acids is 1. The Balaban J connectivity index is 2.28. The van der Waals surface area contributed by atoms with Gasteiger partial charge in [0.05, 0.1) is 15.8 Å². The molecule has 1 aromatic carbocycles. The van der Waals surface area contributed by atoms with E-state index in [2.05, 4.69) is 10.3 Å². The number of nitrogens with zero attached hydrogens (tertiary/aromatic N) is 1. The number of rotatable bonds is 4. The molecule has 7 nitrogen and oxygen atoms in total. The van der Waals surface area contributed by atoms with E-state index in [4.69, 9.17) is 5.11 Å². The average Bonchev–Trinajstić information content (AvgIpc) is 2.77. The van der Waals surface area contributed by atoms with Crippen LogP contribution in [0.4, 0.5) is 5.13 Å². The molecule has 2 aromatic rings. The molecule has 0 saturated heterocycles. The summed E-state index contributed by atoms with van der Waals surface area (Å²) in [4.78, 5) is 26.8. The zero-order chi connectivity index (χ0) is 15.8. The highest BCUT2D eigenvalue weighted by molar-refractivity contribution is 7.92. The molecule has 0 spiro atoms. The van der Waals surface area contributed by atoms with Crippen LogP contribution in [0.25, 0.3) is 10.2 Å². The standard InChI is InChI=1S/C12H12N2O5S2/c1-6(21(2,18)19)10(15)14-12-13-8-4-3-7(11(16)17)5-9(8)20-12/h3-6H,1-2H3,(H,16,17)(H,13,14,15). The molecule has 9 heteroatoms. The van der Waals surface area contributed by atoms with Crippen LogP contribution in [0.15, 0.2) is 18.2 Å². The van der Waals surface area contributed by atoms with E-state index in [-0.39, 0.29) is 10.7 Å². The van der Waals surface area contributed by atoms with Gasteiger partial charge >= 0.3 is 5.97 Å². The Labute approximate surface area is 124 Å². The molecule has 112 valence electrons. The molecule has 21 heavy (non-hydrogen) atoms. The molecule has 2 rings (SSSR count). The maximum atomic E-state index is 11.8. The fourth-order valence-corrected chi connectivity index (χ4v) is 2.87. The highest BCUT2D eigenvalue weighted by Gasteiger charge is 2.24. The number of carboxylic acids is 1. The second-order valence-corrected chi connectivity index (χ2v) is 7.86. The summed E-state index contributed by atoms with van der Waals surface area (Å²) in [7, 11) is -3.48. The van der Waals surface area contributed by atoms with Crippen LogP contribution in [0.1, 0.15) is 17.3 Å². The molecule has 1 heterocycles. The number of anilines is 1. The average molecular weight is 328 g/mol.